The fourth-order valence-electron chi connectivity index (χ4n) is 1.43. The second-order valence-electron chi connectivity index (χ2n) is 3.71. The Bertz CT molecular complexity index is 481. The van der Waals surface area contributed by atoms with E-state index < -0.39 is 0 Å². The molecule has 0 aliphatic rings. The topological polar surface area (TPSA) is 82.8 Å². The number of aromatic nitrogens is 4. The first kappa shape index (κ1) is 12.1. The molecule has 0 amide bonds. The molecule has 0 bridgehead atoms. The van der Waals surface area contributed by atoms with Gasteiger partial charge in [-0.3, -0.25) is 0 Å². The standard InChI is InChI=1S/C10H15N5OS/c1-15-5-4-12-9(15)8-13-10(16-14-8)7(11)3-6-17-2/h4-5,7H,3,6,11H2,1-2H3/t7-/m1/s1. The van der Waals surface area contributed by atoms with Crippen LogP contribution in [-0.4, -0.2) is 31.7 Å². The van der Waals surface area contributed by atoms with Crippen LogP contribution in [0.5, 0.6) is 0 Å². The van der Waals surface area contributed by atoms with E-state index >= 15 is 0 Å². The molecule has 0 fully saturated rings. The van der Waals surface area contributed by atoms with Crippen LogP contribution in [0, 0.1) is 0 Å². The van der Waals surface area contributed by atoms with Crippen LogP contribution >= 0.6 is 11.8 Å². The van der Waals surface area contributed by atoms with Gasteiger partial charge in [0.1, 0.15) is 0 Å². The van der Waals surface area contributed by atoms with E-state index in [1.165, 1.54) is 0 Å². The molecule has 0 aliphatic carbocycles. The van der Waals surface area contributed by atoms with Crippen molar-refractivity contribution in [3.63, 3.8) is 0 Å². The minimum atomic E-state index is -0.205. The van der Waals surface area contributed by atoms with Crippen molar-refractivity contribution in [2.75, 3.05) is 12.0 Å². The molecule has 0 saturated heterocycles. The molecule has 6 nitrogen and oxygen atoms in total. The molecule has 2 rings (SSSR count). The SMILES string of the molecule is CSCC[C@@H](N)c1nc(-c2nccn2C)no1. The summed E-state index contributed by atoms with van der Waals surface area (Å²) in [6.07, 6.45) is 6.39. The molecule has 92 valence electrons. The molecule has 0 unspecified atom stereocenters. The molecule has 2 N–H and O–H groups in total. The minimum Gasteiger partial charge on any atom is -0.337 e. The highest BCUT2D eigenvalue weighted by Gasteiger charge is 2.17. The lowest BCUT2D eigenvalue weighted by Gasteiger charge is -2.03. The summed E-state index contributed by atoms with van der Waals surface area (Å²) in [5.41, 5.74) is 5.95. The average molecular weight is 253 g/mol. The Morgan fingerprint density at radius 3 is 3.06 bits per heavy atom. The van der Waals surface area contributed by atoms with Crippen LogP contribution in [0.4, 0.5) is 0 Å². The second kappa shape index (κ2) is 5.33. The Labute approximate surface area is 104 Å². The van der Waals surface area contributed by atoms with Crippen LogP contribution in [-0.2, 0) is 7.05 Å². The van der Waals surface area contributed by atoms with E-state index in [1.807, 2.05) is 24.1 Å². The molecule has 1 atom stereocenters. The molecule has 0 spiro atoms. The maximum Gasteiger partial charge on any atom is 0.243 e. The number of nitrogens with zero attached hydrogens (tertiary/aromatic N) is 4. The lowest BCUT2D eigenvalue weighted by Crippen LogP contribution is -2.11. The summed E-state index contributed by atoms with van der Waals surface area (Å²) in [5.74, 6) is 2.60. The predicted molar refractivity (Wildman–Crippen MR) is 66.4 cm³/mol. The largest absolute Gasteiger partial charge is 0.337 e. The zero-order valence-electron chi connectivity index (χ0n) is 9.83. The maximum atomic E-state index is 5.95. The van der Waals surface area contributed by atoms with Crippen molar-refractivity contribution >= 4 is 11.8 Å². The highest BCUT2D eigenvalue weighted by Crippen LogP contribution is 2.18. The van der Waals surface area contributed by atoms with Gasteiger partial charge in [0, 0.05) is 19.4 Å². The lowest BCUT2D eigenvalue weighted by atomic mass is 10.2. The van der Waals surface area contributed by atoms with Crippen LogP contribution in [0.15, 0.2) is 16.9 Å². The van der Waals surface area contributed by atoms with E-state index in [1.54, 1.807) is 18.0 Å². The molecule has 2 aromatic rings. The van der Waals surface area contributed by atoms with Gasteiger partial charge in [-0.05, 0) is 18.4 Å². The van der Waals surface area contributed by atoms with Crippen molar-refractivity contribution in [3.8, 4) is 11.6 Å². The van der Waals surface area contributed by atoms with E-state index in [0.29, 0.717) is 17.5 Å². The number of nitrogens with two attached hydrogens (primary N) is 1. The van der Waals surface area contributed by atoms with Crippen LogP contribution in [0.25, 0.3) is 11.6 Å². The summed E-state index contributed by atoms with van der Waals surface area (Å²) >= 11 is 1.75. The van der Waals surface area contributed by atoms with Gasteiger partial charge >= 0.3 is 0 Å². The van der Waals surface area contributed by atoms with E-state index in [-0.39, 0.29) is 6.04 Å². The highest BCUT2D eigenvalue weighted by atomic mass is 32.2. The molecule has 2 heterocycles. The van der Waals surface area contributed by atoms with Crippen molar-refractivity contribution in [1.82, 2.24) is 19.7 Å². The summed E-state index contributed by atoms with van der Waals surface area (Å²) < 4.78 is 6.99. The van der Waals surface area contributed by atoms with Crippen LogP contribution in [0.1, 0.15) is 18.4 Å². The van der Waals surface area contributed by atoms with Crippen molar-refractivity contribution < 1.29 is 4.52 Å². The van der Waals surface area contributed by atoms with Crippen LogP contribution in [0.2, 0.25) is 0 Å². The summed E-state index contributed by atoms with van der Waals surface area (Å²) in [6.45, 7) is 0. The Kier molecular flexibility index (Phi) is 3.80. The van der Waals surface area contributed by atoms with Gasteiger partial charge in [-0.2, -0.15) is 16.7 Å². The van der Waals surface area contributed by atoms with E-state index in [4.69, 9.17) is 10.3 Å². The Hall–Kier alpha value is -1.34. The van der Waals surface area contributed by atoms with Gasteiger partial charge in [0.25, 0.3) is 0 Å². The van der Waals surface area contributed by atoms with Gasteiger partial charge in [0.2, 0.25) is 11.7 Å². The molecule has 7 heteroatoms. The number of aryl methyl sites for hydroxylation is 1. The van der Waals surface area contributed by atoms with Gasteiger partial charge in [-0.1, -0.05) is 5.16 Å². The zero-order chi connectivity index (χ0) is 12.3. The molecular weight excluding hydrogens is 238 g/mol. The monoisotopic (exact) mass is 253 g/mol. The smallest absolute Gasteiger partial charge is 0.243 e. The quantitative estimate of drug-likeness (QED) is 0.862. The summed E-state index contributed by atoms with van der Waals surface area (Å²) in [6, 6.07) is -0.205. The highest BCUT2D eigenvalue weighted by molar-refractivity contribution is 7.98. The third-order valence-corrected chi connectivity index (χ3v) is 3.06. The molecule has 0 saturated carbocycles. The maximum absolute atomic E-state index is 5.95. The predicted octanol–water partition coefficient (Wildman–Crippen LogP) is 1.22. The molecule has 2 aromatic heterocycles. The number of hydrogen-bond acceptors (Lipinski definition) is 6. The second-order valence-corrected chi connectivity index (χ2v) is 4.69. The molecule has 0 aliphatic heterocycles. The van der Waals surface area contributed by atoms with Gasteiger partial charge in [0.05, 0.1) is 6.04 Å². The molecular formula is C10H15N5OS. The molecule has 17 heavy (non-hydrogen) atoms. The first-order chi connectivity index (χ1) is 8.22. The van der Waals surface area contributed by atoms with Crippen LogP contribution in [0.3, 0.4) is 0 Å². The van der Waals surface area contributed by atoms with Crippen molar-refractivity contribution in [3.05, 3.63) is 18.3 Å². The fraction of sp³-hybridized carbons (Fsp3) is 0.500. The lowest BCUT2D eigenvalue weighted by molar-refractivity contribution is 0.353. The van der Waals surface area contributed by atoms with Crippen molar-refractivity contribution in [2.45, 2.75) is 12.5 Å². The number of imidazole rings is 1. The van der Waals surface area contributed by atoms with Crippen molar-refractivity contribution in [1.29, 1.82) is 0 Å². The summed E-state index contributed by atoms with van der Waals surface area (Å²) in [7, 11) is 1.88. The van der Waals surface area contributed by atoms with Crippen molar-refractivity contribution in [2.24, 2.45) is 12.8 Å². The molecule has 0 aromatic carbocycles. The number of hydrogen-bond donors (Lipinski definition) is 1. The van der Waals surface area contributed by atoms with Gasteiger partial charge in [-0.25, -0.2) is 4.98 Å². The van der Waals surface area contributed by atoms with Gasteiger partial charge in [0.15, 0.2) is 5.82 Å². The minimum absolute atomic E-state index is 0.205. The number of thioether (sulfide) groups is 1. The average Bonchev–Trinajstić information content (AvgIpc) is 2.93. The van der Waals surface area contributed by atoms with E-state index in [2.05, 4.69) is 15.1 Å². The number of rotatable bonds is 5. The Morgan fingerprint density at radius 1 is 1.59 bits per heavy atom. The van der Waals surface area contributed by atoms with Gasteiger partial charge < -0.3 is 14.8 Å². The summed E-state index contributed by atoms with van der Waals surface area (Å²) in [4.78, 5) is 8.42. The van der Waals surface area contributed by atoms with Crippen LogP contribution < -0.4 is 5.73 Å². The Balaban J connectivity index is 2.13. The Morgan fingerprint density at radius 2 is 2.41 bits per heavy atom. The molecule has 0 radical (unpaired) electrons. The summed E-state index contributed by atoms with van der Waals surface area (Å²) in [5, 5.41) is 3.89. The van der Waals surface area contributed by atoms with E-state index in [9.17, 15) is 0 Å². The van der Waals surface area contributed by atoms with Gasteiger partial charge in [-0.15, -0.1) is 0 Å². The third kappa shape index (κ3) is 2.67. The first-order valence-electron chi connectivity index (χ1n) is 5.28. The normalized spacial score (nSPS) is 12.9. The zero-order valence-corrected chi connectivity index (χ0v) is 10.6. The van der Waals surface area contributed by atoms with E-state index in [0.717, 1.165) is 12.2 Å². The fourth-order valence-corrected chi connectivity index (χ4v) is 1.92. The first-order valence-corrected chi connectivity index (χ1v) is 6.67. The third-order valence-electron chi connectivity index (χ3n) is 2.41.